The number of hydrogen-bond donors (Lipinski definition) is 2. The zero-order valence-corrected chi connectivity index (χ0v) is 14.3. The van der Waals surface area contributed by atoms with Crippen LogP contribution >= 0.6 is 23.4 Å². The second-order valence-corrected chi connectivity index (χ2v) is 6.64. The van der Waals surface area contributed by atoms with Crippen molar-refractivity contribution in [3.8, 4) is 11.5 Å². The van der Waals surface area contributed by atoms with Gasteiger partial charge < -0.3 is 4.57 Å². The molecule has 10 heteroatoms. The van der Waals surface area contributed by atoms with Crippen LogP contribution in [-0.4, -0.2) is 26.5 Å². The number of hydrazine groups is 1. The fourth-order valence-electron chi connectivity index (χ4n) is 2.29. The van der Waals surface area contributed by atoms with Crippen LogP contribution < -0.4 is 10.9 Å². The molecule has 0 spiro atoms. The topological polar surface area (TPSA) is 54.8 Å². The number of anilines is 1. The molecule has 1 aliphatic heterocycles. The first kappa shape index (κ1) is 17.0. The van der Waals surface area contributed by atoms with Crippen LogP contribution in [0.25, 0.3) is 17.6 Å². The number of pyridine rings is 1. The minimum Gasteiger partial charge on any atom is -0.311 e. The van der Waals surface area contributed by atoms with Gasteiger partial charge in [0.1, 0.15) is 22.2 Å². The number of fused-ring (bicyclic) bond motifs is 1. The van der Waals surface area contributed by atoms with Gasteiger partial charge >= 0.3 is 6.18 Å². The molecule has 24 heavy (non-hydrogen) atoms. The highest BCUT2D eigenvalue weighted by Gasteiger charge is 2.37. The molecular weight excluding hydrogens is 363 g/mol. The van der Waals surface area contributed by atoms with Crippen molar-refractivity contribution in [3.05, 3.63) is 28.7 Å². The van der Waals surface area contributed by atoms with E-state index >= 15 is 0 Å². The van der Waals surface area contributed by atoms with Crippen molar-refractivity contribution in [2.24, 2.45) is 7.05 Å². The Kier molecular flexibility index (Phi) is 4.39. The van der Waals surface area contributed by atoms with Crippen LogP contribution in [0.3, 0.4) is 0 Å². The molecule has 2 aromatic rings. The van der Waals surface area contributed by atoms with Gasteiger partial charge in [0.25, 0.3) is 0 Å². The molecule has 0 amide bonds. The summed E-state index contributed by atoms with van der Waals surface area (Å²) in [7, 11) is 1.70. The first-order valence-electron chi connectivity index (χ1n) is 6.98. The largest absolute Gasteiger partial charge is 0.432 e. The number of halogens is 4. The summed E-state index contributed by atoms with van der Waals surface area (Å²) >= 11 is 7.54. The number of imidazole rings is 1. The Morgan fingerprint density at radius 1 is 1.25 bits per heavy atom. The molecule has 5 nitrogen and oxygen atoms in total. The lowest BCUT2D eigenvalue weighted by Crippen LogP contribution is -2.33. The van der Waals surface area contributed by atoms with Crippen molar-refractivity contribution in [3.63, 3.8) is 0 Å². The maximum atomic E-state index is 12.8. The molecule has 0 radical (unpaired) electrons. The van der Waals surface area contributed by atoms with Crippen LogP contribution in [0.15, 0.2) is 22.7 Å². The third-order valence-electron chi connectivity index (χ3n) is 3.36. The van der Waals surface area contributed by atoms with Crippen molar-refractivity contribution in [2.45, 2.75) is 18.0 Å². The number of rotatable bonds is 3. The zero-order valence-electron chi connectivity index (χ0n) is 12.7. The molecular formula is C14H13ClF3N5S. The third kappa shape index (κ3) is 3.05. The van der Waals surface area contributed by atoms with E-state index in [9.17, 15) is 13.2 Å². The Morgan fingerprint density at radius 2 is 2.00 bits per heavy atom. The minimum atomic E-state index is -4.49. The predicted octanol–water partition coefficient (Wildman–Crippen LogP) is 4.08. The SMILES string of the molecule is CCSc1ccc(Cl)nc1-c1nc2c(n1C)NNC(C(F)(F)F)=C2. The molecule has 2 N–H and O–H groups in total. The number of nitrogens with zero attached hydrogens (tertiary/aromatic N) is 3. The quantitative estimate of drug-likeness (QED) is 0.625. The van der Waals surface area contributed by atoms with Crippen molar-refractivity contribution >= 4 is 35.3 Å². The van der Waals surface area contributed by atoms with Crippen LogP contribution in [0.4, 0.5) is 19.0 Å². The summed E-state index contributed by atoms with van der Waals surface area (Å²) in [5.74, 6) is 1.68. The van der Waals surface area contributed by atoms with E-state index in [0.29, 0.717) is 22.5 Å². The molecule has 0 fully saturated rings. The molecule has 1 aliphatic rings. The molecule has 0 aromatic carbocycles. The van der Waals surface area contributed by atoms with Crippen molar-refractivity contribution in [1.82, 2.24) is 20.0 Å². The summed E-state index contributed by atoms with van der Waals surface area (Å²) in [5.41, 5.74) is 4.51. The normalized spacial score (nSPS) is 13.8. The third-order valence-corrected chi connectivity index (χ3v) is 4.50. The molecule has 0 bridgehead atoms. The molecule has 0 atom stereocenters. The standard InChI is InChI=1S/C14H13ClF3N5S/c1-3-24-8-4-5-10(15)20-11(8)13-19-7-6-9(14(16,17)18)21-22-12(7)23(13)2/h4-6,21-22H,3H2,1-2H3. The highest BCUT2D eigenvalue weighted by Crippen LogP contribution is 2.35. The van der Waals surface area contributed by atoms with Crippen molar-refractivity contribution < 1.29 is 13.2 Å². The van der Waals surface area contributed by atoms with Gasteiger partial charge in [-0.05, 0) is 24.0 Å². The van der Waals surface area contributed by atoms with Gasteiger partial charge in [0.15, 0.2) is 11.6 Å². The maximum Gasteiger partial charge on any atom is 0.432 e. The van der Waals surface area contributed by atoms with Crippen LogP contribution in [0.5, 0.6) is 0 Å². The summed E-state index contributed by atoms with van der Waals surface area (Å²) < 4.78 is 40.2. The smallest absolute Gasteiger partial charge is 0.311 e. The summed E-state index contributed by atoms with van der Waals surface area (Å²) in [4.78, 5) is 9.48. The molecule has 128 valence electrons. The van der Waals surface area contributed by atoms with E-state index in [0.717, 1.165) is 16.7 Å². The van der Waals surface area contributed by atoms with Gasteiger partial charge in [-0.25, -0.2) is 9.97 Å². The van der Waals surface area contributed by atoms with Crippen LogP contribution in [0, 0.1) is 0 Å². The molecule has 0 saturated heterocycles. The molecule has 0 aliphatic carbocycles. The Bertz CT molecular complexity index is 815. The van der Waals surface area contributed by atoms with Crippen LogP contribution in [0.2, 0.25) is 5.15 Å². The Morgan fingerprint density at radius 3 is 2.67 bits per heavy atom. The number of thioether (sulfide) groups is 1. The van der Waals surface area contributed by atoms with E-state index in [4.69, 9.17) is 11.6 Å². The number of nitrogens with one attached hydrogen (secondary N) is 2. The molecule has 0 saturated carbocycles. The second-order valence-electron chi connectivity index (χ2n) is 4.95. The lowest BCUT2D eigenvalue weighted by molar-refractivity contribution is -0.0951. The van der Waals surface area contributed by atoms with Gasteiger partial charge in [-0.3, -0.25) is 10.9 Å². The average molecular weight is 376 g/mol. The number of hydrogen-bond acceptors (Lipinski definition) is 5. The predicted molar refractivity (Wildman–Crippen MR) is 88.6 cm³/mol. The van der Waals surface area contributed by atoms with Crippen molar-refractivity contribution in [1.29, 1.82) is 0 Å². The molecule has 3 rings (SSSR count). The van der Waals surface area contributed by atoms with Gasteiger partial charge in [-0.1, -0.05) is 18.5 Å². The average Bonchev–Trinajstić information content (AvgIpc) is 2.85. The number of aromatic nitrogens is 3. The monoisotopic (exact) mass is 375 g/mol. The van der Waals surface area contributed by atoms with E-state index in [1.54, 1.807) is 29.4 Å². The van der Waals surface area contributed by atoms with E-state index < -0.39 is 11.9 Å². The summed E-state index contributed by atoms with van der Waals surface area (Å²) in [6, 6.07) is 3.50. The van der Waals surface area contributed by atoms with E-state index in [1.807, 2.05) is 13.0 Å². The first-order chi connectivity index (χ1) is 11.3. The molecule has 3 heterocycles. The van der Waals surface area contributed by atoms with Gasteiger partial charge in [-0.15, -0.1) is 11.8 Å². The zero-order chi connectivity index (χ0) is 17.5. The van der Waals surface area contributed by atoms with E-state index in [1.165, 1.54) is 0 Å². The Hall–Kier alpha value is -1.87. The lowest BCUT2D eigenvalue weighted by atomic mass is 10.3. The Labute approximate surface area is 145 Å². The maximum absolute atomic E-state index is 12.8. The summed E-state index contributed by atoms with van der Waals surface area (Å²) in [6.45, 7) is 2.00. The van der Waals surface area contributed by atoms with Gasteiger partial charge in [-0.2, -0.15) is 13.2 Å². The molecule has 0 unspecified atom stereocenters. The number of allylic oxidation sites excluding steroid dienone is 1. The Balaban J connectivity index is 2.12. The van der Waals surface area contributed by atoms with Crippen LogP contribution in [0.1, 0.15) is 12.6 Å². The highest BCUT2D eigenvalue weighted by atomic mass is 35.5. The minimum absolute atomic E-state index is 0.188. The second kappa shape index (κ2) is 6.21. The van der Waals surface area contributed by atoms with Gasteiger partial charge in [0, 0.05) is 11.9 Å². The van der Waals surface area contributed by atoms with Crippen molar-refractivity contribution in [2.75, 3.05) is 11.2 Å². The van der Waals surface area contributed by atoms with Gasteiger partial charge in [0.05, 0.1) is 0 Å². The number of alkyl halides is 3. The first-order valence-corrected chi connectivity index (χ1v) is 8.35. The van der Waals surface area contributed by atoms with Gasteiger partial charge in [0.2, 0.25) is 0 Å². The van der Waals surface area contributed by atoms with E-state index in [2.05, 4.69) is 20.8 Å². The summed E-state index contributed by atoms with van der Waals surface area (Å²) in [5, 5.41) is 0.295. The fourth-order valence-corrected chi connectivity index (χ4v) is 3.18. The lowest BCUT2D eigenvalue weighted by Gasteiger charge is -2.20. The van der Waals surface area contributed by atoms with Crippen LogP contribution in [-0.2, 0) is 7.05 Å². The van der Waals surface area contributed by atoms with E-state index in [-0.39, 0.29) is 5.69 Å². The summed E-state index contributed by atoms with van der Waals surface area (Å²) in [6.07, 6.45) is -3.52. The highest BCUT2D eigenvalue weighted by molar-refractivity contribution is 7.99. The fraction of sp³-hybridized carbons (Fsp3) is 0.286. The molecule has 2 aromatic heterocycles.